The quantitative estimate of drug-likeness (QED) is 0.763. The average molecular weight is 263 g/mol. The highest BCUT2D eigenvalue weighted by Crippen LogP contribution is 2.26. The second kappa shape index (κ2) is 6.90. The van der Waals surface area contributed by atoms with E-state index in [1.807, 2.05) is 6.20 Å². The van der Waals surface area contributed by atoms with Crippen LogP contribution < -0.4 is 10.2 Å². The molecular formula is C16H29N3. The highest BCUT2D eigenvalue weighted by atomic mass is 15.2. The van der Waals surface area contributed by atoms with E-state index < -0.39 is 0 Å². The van der Waals surface area contributed by atoms with E-state index in [2.05, 4.69) is 62.9 Å². The van der Waals surface area contributed by atoms with Gasteiger partial charge in [-0.2, -0.15) is 0 Å². The fourth-order valence-electron chi connectivity index (χ4n) is 2.01. The van der Waals surface area contributed by atoms with Crippen LogP contribution in [0.15, 0.2) is 12.3 Å². The van der Waals surface area contributed by atoms with Crippen molar-refractivity contribution in [2.45, 2.75) is 59.5 Å². The van der Waals surface area contributed by atoms with Crippen LogP contribution >= 0.6 is 0 Å². The van der Waals surface area contributed by atoms with Gasteiger partial charge in [0.25, 0.3) is 0 Å². The number of rotatable bonds is 7. The Morgan fingerprint density at radius 3 is 2.53 bits per heavy atom. The Labute approximate surface area is 118 Å². The Morgan fingerprint density at radius 2 is 2.00 bits per heavy atom. The maximum atomic E-state index is 4.66. The Kier molecular flexibility index (Phi) is 5.80. The van der Waals surface area contributed by atoms with E-state index in [9.17, 15) is 0 Å². The predicted octanol–water partition coefficient (Wildman–Crippen LogP) is 3.51. The van der Waals surface area contributed by atoms with Crippen LogP contribution in [0, 0.1) is 6.92 Å². The Balaban J connectivity index is 2.82. The summed E-state index contributed by atoms with van der Waals surface area (Å²) < 4.78 is 0. The first kappa shape index (κ1) is 16.0. The lowest BCUT2D eigenvalue weighted by Gasteiger charge is -2.36. The minimum atomic E-state index is 0.139. The number of aryl methyl sites for hydroxylation is 1. The number of hydrogen-bond donors (Lipinski definition) is 1. The predicted molar refractivity (Wildman–Crippen MR) is 83.7 cm³/mol. The molecule has 1 aromatic rings. The summed E-state index contributed by atoms with van der Waals surface area (Å²) in [5.74, 6) is 1.09. The first-order valence-corrected chi connectivity index (χ1v) is 7.32. The Morgan fingerprint density at radius 1 is 1.32 bits per heavy atom. The molecule has 0 spiro atoms. The zero-order valence-corrected chi connectivity index (χ0v) is 13.4. The lowest BCUT2D eigenvalue weighted by molar-refractivity contribution is 0.466. The summed E-state index contributed by atoms with van der Waals surface area (Å²) in [7, 11) is 2.13. The SMILES string of the molecule is CCCNCc1cnc(N(C)C(C)(C)CC)c(C)c1. The van der Waals surface area contributed by atoms with Gasteiger partial charge in [-0.25, -0.2) is 4.98 Å². The zero-order chi connectivity index (χ0) is 14.5. The van der Waals surface area contributed by atoms with Gasteiger partial charge in [0.2, 0.25) is 0 Å². The smallest absolute Gasteiger partial charge is 0.131 e. The molecule has 1 heterocycles. The normalized spacial score (nSPS) is 11.7. The molecule has 0 amide bonds. The molecular weight excluding hydrogens is 234 g/mol. The molecule has 0 saturated heterocycles. The van der Waals surface area contributed by atoms with Crippen LogP contribution in [0.3, 0.4) is 0 Å². The van der Waals surface area contributed by atoms with Gasteiger partial charge in [0.05, 0.1) is 0 Å². The molecule has 0 bridgehead atoms. The van der Waals surface area contributed by atoms with Crippen molar-refractivity contribution in [3.8, 4) is 0 Å². The third-order valence-corrected chi connectivity index (χ3v) is 3.95. The van der Waals surface area contributed by atoms with Crippen LogP contribution in [0.5, 0.6) is 0 Å². The number of nitrogens with one attached hydrogen (secondary N) is 1. The van der Waals surface area contributed by atoms with Crippen LogP contribution in [0.1, 0.15) is 51.7 Å². The molecule has 3 nitrogen and oxygen atoms in total. The molecule has 0 aliphatic rings. The van der Waals surface area contributed by atoms with Crippen LogP contribution in [-0.2, 0) is 6.54 Å². The van der Waals surface area contributed by atoms with Crippen molar-refractivity contribution in [2.24, 2.45) is 0 Å². The van der Waals surface area contributed by atoms with Gasteiger partial charge in [0.1, 0.15) is 5.82 Å². The van der Waals surface area contributed by atoms with E-state index in [4.69, 9.17) is 0 Å². The summed E-state index contributed by atoms with van der Waals surface area (Å²) in [6.07, 6.45) is 4.26. The van der Waals surface area contributed by atoms with E-state index in [1.165, 1.54) is 11.1 Å². The second-order valence-electron chi connectivity index (χ2n) is 5.89. The summed E-state index contributed by atoms with van der Waals surface area (Å²) in [5.41, 5.74) is 2.65. The Hall–Kier alpha value is -1.09. The molecule has 0 unspecified atom stereocenters. The van der Waals surface area contributed by atoms with Crippen molar-refractivity contribution in [1.82, 2.24) is 10.3 Å². The number of anilines is 1. The molecule has 0 atom stereocenters. The lowest BCUT2D eigenvalue weighted by atomic mass is 9.99. The maximum absolute atomic E-state index is 4.66. The Bertz CT molecular complexity index is 399. The molecule has 108 valence electrons. The zero-order valence-electron chi connectivity index (χ0n) is 13.4. The van der Waals surface area contributed by atoms with Crippen molar-refractivity contribution in [3.63, 3.8) is 0 Å². The minimum absolute atomic E-state index is 0.139. The largest absolute Gasteiger partial charge is 0.354 e. The van der Waals surface area contributed by atoms with Gasteiger partial charge < -0.3 is 10.2 Å². The molecule has 1 rings (SSSR count). The summed E-state index contributed by atoms with van der Waals surface area (Å²) in [5, 5.41) is 3.42. The molecule has 0 saturated carbocycles. The standard InChI is InChI=1S/C16H29N3/c1-7-9-17-11-14-10-13(3)15(18-12-14)19(6)16(4,5)8-2/h10,12,17H,7-9,11H2,1-6H3. The topological polar surface area (TPSA) is 28.2 Å². The second-order valence-corrected chi connectivity index (χ2v) is 5.89. The highest BCUT2D eigenvalue weighted by Gasteiger charge is 2.23. The van der Waals surface area contributed by atoms with Crippen LogP contribution in [0.4, 0.5) is 5.82 Å². The number of pyridine rings is 1. The van der Waals surface area contributed by atoms with E-state index >= 15 is 0 Å². The monoisotopic (exact) mass is 263 g/mol. The molecule has 0 radical (unpaired) electrons. The van der Waals surface area contributed by atoms with E-state index in [0.717, 1.165) is 31.7 Å². The van der Waals surface area contributed by atoms with Gasteiger partial charge in [-0.1, -0.05) is 13.8 Å². The summed E-state index contributed by atoms with van der Waals surface area (Å²) >= 11 is 0. The molecule has 19 heavy (non-hydrogen) atoms. The van der Waals surface area contributed by atoms with Gasteiger partial charge in [0.15, 0.2) is 0 Å². The fraction of sp³-hybridized carbons (Fsp3) is 0.688. The number of nitrogens with zero attached hydrogens (tertiary/aromatic N) is 2. The lowest BCUT2D eigenvalue weighted by Crippen LogP contribution is -2.41. The van der Waals surface area contributed by atoms with Crippen molar-refractivity contribution in [2.75, 3.05) is 18.5 Å². The summed E-state index contributed by atoms with van der Waals surface area (Å²) in [4.78, 5) is 6.94. The molecule has 1 N–H and O–H groups in total. The van der Waals surface area contributed by atoms with E-state index in [1.54, 1.807) is 0 Å². The fourth-order valence-corrected chi connectivity index (χ4v) is 2.01. The van der Waals surface area contributed by atoms with Gasteiger partial charge in [-0.3, -0.25) is 0 Å². The number of aromatic nitrogens is 1. The number of hydrogen-bond acceptors (Lipinski definition) is 3. The minimum Gasteiger partial charge on any atom is -0.354 e. The maximum Gasteiger partial charge on any atom is 0.131 e. The van der Waals surface area contributed by atoms with Crippen LogP contribution in [-0.4, -0.2) is 24.1 Å². The molecule has 0 fully saturated rings. The first-order valence-electron chi connectivity index (χ1n) is 7.32. The van der Waals surface area contributed by atoms with Crippen molar-refractivity contribution < 1.29 is 0 Å². The van der Waals surface area contributed by atoms with Gasteiger partial charge in [0, 0.05) is 25.3 Å². The average Bonchev–Trinajstić information content (AvgIpc) is 2.38. The highest BCUT2D eigenvalue weighted by molar-refractivity contribution is 5.48. The third kappa shape index (κ3) is 4.20. The third-order valence-electron chi connectivity index (χ3n) is 3.95. The van der Waals surface area contributed by atoms with Gasteiger partial charge in [-0.15, -0.1) is 0 Å². The van der Waals surface area contributed by atoms with Gasteiger partial charge in [-0.05, 0) is 57.4 Å². The molecule has 1 aromatic heterocycles. The summed E-state index contributed by atoms with van der Waals surface area (Å²) in [6.45, 7) is 13.0. The van der Waals surface area contributed by atoms with Crippen LogP contribution in [0.25, 0.3) is 0 Å². The summed E-state index contributed by atoms with van der Waals surface area (Å²) in [6, 6.07) is 2.24. The van der Waals surface area contributed by atoms with Crippen molar-refractivity contribution in [1.29, 1.82) is 0 Å². The van der Waals surface area contributed by atoms with E-state index in [0.29, 0.717) is 0 Å². The molecule has 0 aliphatic heterocycles. The van der Waals surface area contributed by atoms with Crippen molar-refractivity contribution >= 4 is 5.82 Å². The molecule has 0 aromatic carbocycles. The van der Waals surface area contributed by atoms with Crippen LogP contribution in [0.2, 0.25) is 0 Å². The van der Waals surface area contributed by atoms with Gasteiger partial charge >= 0.3 is 0 Å². The van der Waals surface area contributed by atoms with E-state index in [-0.39, 0.29) is 5.54 Å². The first-order chi connectivity index (χ1) is 8.92. The molecule has 0 aliphatic carbocycles. The molecule has 3 heteroatoms. The van der Waals surface area contributed by atoms with Crippen molar-refractivity contribution in [3.05, 3.63) is 23.4 Å².